The van der Waals surface area contributed by atoms with Crippen molar-refractivity contribution in [3.63, 3.8) is 0 Å². The van der Waals surface area contributed by atoms with Crippen molar-refractivity contribution in [3.05, 3.63) is 156 Å². The third kappa shape index (κ3) is 9.90. The Bertz CT molecular complexity index is 466. The molecular weight excluding hydrogens is 438 g/mol. The van der Waals surface area contributed by atoms with Gasteiger partial charge in [0.2, 0.25) is 0 Å². The maximum atomic E-state index is 4.59. The minimum absolute atomic E-state index is 0. The van der Waals surface area contributed by atoms with E-state index in [1.807, 2.05) is 84.0 Å². The normalized spacial score (nSPS) is 21.4. The van der Waals surface area contributed by atoms with Crippen LogP contribution in [0.2, 0.25) is 0 Å². The molecule has 1 nitrogen and oxygen atoms in total. The molecule has 1 aromatic heterocycles. The molecule has 0 atom stereocenters. The summed E-state index contributed by atoms with van der Waals surface area (Å²) in [6, 6.07) is 4.28. The van der Waals surface area contributed by atoms with Crippen molar-refractivity contribution in [2.24, 2.45) is 0 Å². The molecule has 0 bridgehead atoms. The van der Waals surface area contributed by atoms with Crippen molar-refractivity contribution < 1.29 is 34.1 Å². The van der Waals surface area contributed by atoms with Crippen LogP contribution in [0, 0.1) is 134 Å². The van der Waals surface area contributed by atoms with Gasteiger partial charge in [-0.2, -0.15) is 0 Å². The molecule has 0 aliphatic heterocycles. The van der Waals surface area contributed by atoms with Crippen molar-refractivity contribution in [2.75, 3.05) is 0 Å². The van der Waals surface area contributed by atoms with E-state index in [2.05, 4.69) is 55.6 Å². The second-order valence-corrected chi connectivity index (χ2v) is 6.15. The summed E-state index contributed by atoms with van der Waals surface area (Å²) < 4.78 is 0. The predicted molar refractivity (Wildman–Crippen MR) is 111 cm³/mol. The number of nitrogens with zero attached hydrogens (tertiary/aromatic N) is 1. The monoisotopic (exact) mass is 461 g/mol. The smallest absolute Gasteiger partial charge is 0.0487 e. The fraction of sp³-hybridized carbons (Fsp3) is 0.0385. The van der Waals surface area contributed by atoms with Gasteiger partial charge in [-0.1, -0.05) is 0 Å². The van der Waals surface area contributed by atoms with Crippen molar-refractivity contribution in [2.45, 2.75) is 6.92 Å². The predicted octanol–water partition coefficient (Wildman–Crippen LogP) is 4.93. The maximum Gasteiger partial charge on any atom is 0.0487 e. The molecule has 0 N–H and O–H groups in total. The Morgan fingerprint density at radius 1 is 0.483 bits per heavy atom. The van der Waals surface area contributed by atoms with Crippen molar-refractivity contribution >= 4 is 0 Å². The summed E-state index contributed by atoms with van der Waals surface area (Å²) in [6.45, 7) is 2.04. The topological polar surface area (TPSA) is 12.9 Å². The maximum absolute atomic E-state index is 4.59. The van der Waals surface area contributed by atoms with Crippen molar-refractivity contribution in [3.8, 4) is 0 Å². The molecule has 0 amide bonds. The summed E-state index contributed by atoms with van der Waals surface area (Å²) in [5, 5.41) is 0. The number of aromatic nitrogens is 1. The van der Waals surface area contributed by atoms with E-state index in [4.69, 9.17) is 0 Å². The van der Waals surface area contributed by atoms with E-state index in [1.165, 1.54) is 17.4 Å². The van der Waals surface area contributed by atoms with Crippen LogP contribution in [0.3, 0.4) is 0 Å². The zero-order valence-electron chi connectivity index (χ0n) is 16.2. The molecule has 0 aromatic carbocycles. The van der Waals surface area contributed by atoms with Crippen LogP contribution in [0.1, 0.15) is 17.0 Å². The Kier molecular flexibility index (Phi) is 14.9. The van der Waals surface area contributed by atoms with Crippen LogP contribution in [0.15, 0.2) is 12.1 Å². The summed E-state index contributed by atoms with van der Waals surface area (Å²) in [5.41, 5.74) is 3.34. The molecule has 0 spiro atoms. The van der Waals surface area contributed by atoms with Crippen LogP contribution in [-0.4, -0.2) is 4.98 Å². The third-order valence-corrected chi connectivity index (χ3v) is 4.02. The van der Waals surface area contributed by atoms with Gasteiger partial charge in [-0.05, 0) is 140 Å². The third-order valence-electron chi connectivity index (χ3n) is 4.02. The van der Waals surface area contributed by atoms with Crippen LogP contribution in [0.5, 0.6) is 0 Å². The number of aryl methyl sites for hydroxylation is 1. The number of rotatable bonds is 2. The minimum atomic E-state index is 0. The van der Waals surface area contributed by atoms with Crippen molar-refractivity contribution in [1.82, 2.24) is 4.98 Å². The standard InChI is InChI=1S/C16H13N.2C5H5.2Fe/c1-12-10-15(13-6-2-3-7-13)11-16(17-12)14-8-4-5-9-14;2*1-2-4-5-3-1;;/h2-11H,1H3;2*1-5H;;. The molecule has 148 valence electrons. The summed E-state index contributed by atoms with van der Waals surface area (Å²) in [6.07, 6.45) is 36.7. The molecule has 5 rings (SSSR count). The summed E-state index contributed by atoms with van der Waals surface area (Å²) in [4.78, 5) is 4.59. The Labute approximate surface area is 201 Å². The van der Waals surface area contributed by atoms with Gasteiger partial charge in [-0.3, -0.25) is 4.98 Å². The van der Waals surface area contributed by atoms with Gasteiger partial charge in [0.1, 0.15) is 0 Å². The fourth-order valence-electron chi connectivity index (χ4n) is 2.74. The number of pyridine rings is 1. The molecule has 3 heteroatoms. The fourth-order valence-corrected chi connectivity index (χ4v) is 2.74. The molecule has 0 saturated heterocycles. The molecule has 4 fully saturated rings. The molecule has 29 heavy (non-hydrogen) atoms. The van der Waals surface area contributed by atoms with E-state index in [9.17, 15) is 0 Å². The van der Waals surface area contributed by atoms with Gasteiger partial charge in [0.15, 0.2) is 0 Å². The second-order valence-electron chi connectivity index (χ2n) is 6.15. The summed E-state index contributed by atoms with van der Waals surface area (Å²) >= 11 is 0. The Balaban J connectivity index is 0.000000290. The van der Waals surface area contributed by atoms with Gasteiger partial charge in [-0.15, -0.1) is 0 Å². The Morgan fingerprint density at radius 3 is 1.28 bits per heavy atom. The Hall–Kier alpha value is 0.189. The minimum Gasteiger partial charge on any atom is -0.258 e. The van der Waals surface area contributed by atoms with Gasteiger partial charge in [-0.25, -0.2) is 0 Å². The van der Waals surface area contributed by atoms with E-state index >= 15 is 0 Å². The van der Waals surface area contributed by atoms with E-state index in [1.54, 1.807) is 0 Å². The van der Waals surface area contributed by atoms with Crippen LogP contribution >= 0.6 is 0 Å². The number of hydrogen-bond acceptors (Lipinski definition) is 1. The molecule has 4 aliphatic carbocycles. The van der Waals surface area contributed by atoms with Gasteiger partial charge < -0.3 is 0 Å². The average molecular weight is 461 g/mol. The van der Waals surface area contributed by atoms with Crippen LogP contribution in [-0.2, 0) is 34.1 Å². The zero-order valence-corrected chi connectivity index (χ0v) is 18.4. The van der Waals surface area contributed by atoms with E-state index in [-0.39, 0.29) is 34.1 Å². The van der Waals surface area contributed by atoms with E-state index in [0.29, 0.717) is 0 Å². The molecule has 1 heterocycles. The summed E-state index contributed by atoms with van der Waals surface area (Å²) in [7, 11) is 0. The van der Waals surface area contributed by atoms with Gasteiger partial charge in [0.05, 0.1) is 0 Å². The SMILES string of the molecule is Cc1cc([C]2[CH][CH][CH][CH]2)cc([C]2[CH][CH][CH][CH]2)n1.[CH]1[CH][CH][CH][CH]1.[CH]1[CH][CH][CH][CH]1.[Fe].[Fe]. The molecule has 0 unspecified atom stereocenters. The first-order chi connectivity index (χ1) is 13.3. The van der Waals surface area contributed by atoms with Gasteiger partial charge in [0.25, 0.3) is 0 Å². The Morgan fingerprint density at radius 2 is 0.862 bits per heavy atom. The molecule has 4 aliphatic rings. The van der Waals surface area contributed by atoms with Crippen LogP contribution < -0.4 is 0 Å². The first kappa shape index (κ1) is 27.2. The molecule has 1 aromatic rings. The van der Waals surface area contributed by atoms with Crippen molar-refractivity contribution in [1.29, 1.82) is 0 Å². The summed E-state index contributed by atoms with van der Waals surface area (Å²) in [5.74, 6) is 2.44. The van der Waals surface area contributed by atoms with Crippen LogP contribution in [0.25, 0.3) is 0 Å². The first-order valence-corrected chi connectivity index (χ1v) is 9.09. The molecule has 20 radical (unpaired) electrons. The first-order valence-electron chi connectivity index (χ1n) is 9.09. The number of hydrogen-bond donors (Lipinski definition) is 0. The quantitative estimate of drug-likeness (QED) is 0.570. The largest absolute Gasteiger partial charge is 0.258 e. The van der Waals surface area contributed by atoms with Gasteiger partial charge in [0, 0.05) is 57.4 Å². The van der Waals surface area contributed by atoms with E-state index in [0.717, 1.165) is 11.4 Å². The molecular formula is C26H23Fe2N. The zero-order chi connectivity index (χ0) is 18.7. The molecule has 4 saturated carbocycles. The van der Waals surface area contributed by atoms with E-state index < -0.39 is 0 Å². The average Bonchev–Trinajstić information content (AvgIpc) is 3.52. The van der Waals surface area contributed by atoms with Crippen LogP contribution in [0.4, 0.5) is 0 Å². The second kappa shape index (κ2) is 15.9. The van der Waals surface area contributed by atoms with Gasteiger partial charge >= 0.3 is 0 Å².